The highest BCUT2D eigenvalue weighted by molar-refractivity contribution is 5.92. The van der Waals surface area contributed by atoms with Gasteiger partial charge in [-0.25, -0.2) is 14.4 Å². The van der Waals surface area contributed by atoms with Gasteiger partial charge in [-0.3, -0.25) is 9.69 Å². The number of piperazine rings is 1. The van der Waals surface area contributed by atoms with Crippen LogP contribution in [0.5, 0.6) is 5.75 Å². The molecule has 8 nitrogen and oxygen atoms in total. The molecule has 2 heterocycles. The van der Waals surface area contributed by atoms with E-state index < -0.39 is 11.7 Å². The van der Waals surface area contributed by atoms with Crippen molar-refractivity contribution in [3.63, 3.8) is 0 Å². The highest BCUT2D eigenvalue weighted by Crippen LogP contribution is 2.22. The fraction of sp³-hybridized carbons (Fsp3) is 0.450. The fourth-order valence-electron chi connectivity index (χ4n) is 3.18. The molecule has 0 aliphatic carbocycles. The minimum Gasteiger partial charge on any atom is -0.489 e. The molecule has 3 N–H and O–H groups in total. The van der Waals surface area contributed by atoms with E-state index in [1.807, 2.05) is 0 Å². The van der Waals surface area contributed by atoms with Gasteiger partial charge in [0, 0.05) is 56.9 Å². The lowest BCUT2D eigenvalue weighted by atomic mass is 10.3. The van der Waals surface area contributed by atoms with Crippen LogP contribution in [0.4, 0.5) is 16.0 Å². The Morgan fingerprint density at radius 1 is 1.17 bits per heavy atom. The van der Waals surface area contributed by atoms with Gasteiger partial charge in [-0.2, -0.15) is 0 Å². The van der Waals surface area contributed by atoms with Crippen LogP contribution < -0.4 is 15.8 Å². The van der Waals surface area contributed by atoms with Gasteiger partial charge in [-0.1, -0.05) is 6.92 Å². The van der Waals surface area contributed by atoms with Crippen LogP contribution in [0.1, 0.15) is 23.7 Å². The second-order valence-corrected chi connectivity index (χ2v) is 6.96. The second kappa shape index (κ2) is 10.1. The largest absolute Gasteiger partial charge is 0.489 e. The number of aromatic nitrogens is 2. The number of halogens is 1. The highest BCUT2D eigenvalue weighted by Gasteiger charge is 2.16. The normalized spacial score (nSPS) is 15.2. The van der Waals surface area contributed by atoms with Crippen LogP contribution in [0.15, 0.2) is 30.6 Å². The van der Waals surface area contributed by atoms with Gasteiger partial charge in [0.05, 0.1) is 5.56 Å². The number of hydrogen-bond donors (Lipinski definition) is 2. The standard InChI is InChI=1S/C20H27FN6O2/c1-2-5-26-6-8-27(9-7-26)10-11-29-18-4-3-16(12-17(18)21)25-20-23-13-15(14-24-20)19(22)28/h3-4,12-14H,2,5-11H2,1H3,(H2,22,28)(H,23,24,25). The summed E-state index contributed by atoms with van der Waals surface area (Å²) in [5, 5.41) is 2.88. The number of benzene rings is 1. The van der Waals surface area contributed by atoms with E-state index in [4.69, 9.17) is 10.5 Å². The van der Waals surface area contributed by atoms with Crippen LogP contribution in [0.25, 0.3) is 0 Å². The summed E-state index contributed by atoms with van der Waals surface area (Å²) in [6, 6.07) is 4.59. The van der Waals surface area contributed by atoms with Crippen molar-refractivity contribution in [1.82, 2.24) is 19.8 Å². The molecular weight excluding hydrogens is 375 g/mol. The van der Waals surface area contributed by atoms with E-state index >= 15 is 0 Å². The molecule has 0 saturated carbocycles. The molecule has 0 radical (unpaired) electrons. The molecule has 3 rings (SSSR count). The number of ether oxygens (including phenoxy) is 1. The molecule has 1 aliphatic rings. The maximum Gasteiger partial charge on any atom is 0.251 e. The first-order valence-electron chi connectivity index (χ1n) is 9.81. The summed E-state index contributed by atoms with van der Waals surface area (Å²) < 4.78 is 20.0. The molecule has 9 heteroatoms. The molecule has 0 bridgehead atoms. The molecule has 0 spiro atoms. The average molecular weight is 402 g/mol. The van der Waals surface area contributed by atoms with Crippen LogP contribution in [0.3, 0.4) is 0 Å². The quantitative estimate of drug-likeness (QED) is 0.661. The number of nitrogens with zero attached hydrogens (tertiary/aromatic N) is 4. The van der Waals surface area contributed by atoms with Crippen molar-refractivity contribution in [1.29, 1.82) is 0 Å². The monoisotopic (exact) mass is 402 g/mol. The third-order valence-electron chi connectivity index (χ3n) is 4.79. The Morgan fingerprint density at radius 3 is 2.41 bits per heavy atom. The van der Waals surface area contributed by atoms with Crippen LogP contribution in [0, 0.1) is 5.82 Å². The zero-order valence-corrected chi connectivity index (χ0v) is 16.6. The minimum atomic E-state index is -0.605. The Labute approximate surface area is 169 Å². The molecule has 1 saturated heterocycles. The first-order chi connectivity index (χ1) is 14.0. The number of carbonyl (C=O) groups excluding carboxylic acids is 1. The maximum atomic E-state index is 14.3. The van der Waals surface area contributed by atoms with Crippen molar-refractivity contribution in [2.45, 2.75) is 13.3 Å². The van der Waals surface area contributed by atoms with E-state index in [9.17, 15) is 9.18 Å². The molecule has 29 heavy (non-hydrogen) atoms. The Bertz CT molecular complexity index is 809. The molecule has 1 aromatic heterocycles. The predicted molar refractivity (Wildman–Crippen MR) is 109 cm³/mol. The van der Waals surface area contributed by atoms with Gasteiger partial charge < -0.3 is 20.7 Å². The third-order valence-corrected chi connectivity index (χ3v) is 4.79. The van der Waals surface area contributed by atoms with E-state index in [-0.39, 0.29) is 17.3 Å². The SMILES string of the molecule is CCCN1CCN(CCOc2ccc(Nc3ncc(C(N)=O)cn3)cc2F)CC1. The number of hydrogen-bond acceptors (Lipinski definition) is 7. The molecule has 1 amide bonds. The van der Waals surface area contributed by atoms with Gasteiger partial charge in [0.25, 0.3) is 5.91 Å². The average Bonchev–Trinajstić information content (AvgIpc) is 2.71. The summed E-state index contributed by atoms with van der Waals surface area (Å²) in [6.45, 7) is 8.75. The molecule has 1 fully saturated rings. The smallest absolute Gasteiger partial charge is 0.251 e. The lowest BCUT2D eigenvalue weighted by molar-refractivity contribution is 0.0999. The topological polar surface area (TPSA) is 96.6 Å². The van der Waals surface area contributed by atoms with Crippen LogP contribution in [-0.2, 0) is 0 Å². The second-order valence-electron chi connectivity index (χ2n) is 6.96. The van der Waals surface area contributed by atoms with Crippen molar-refractivity contribution >= 4 is 17.5 Å². The maximum absolute atomic E-state index is 14.3. The van der Waals surface area contributed by atoms with Crippen molar-refractivity contribution in [3.8, 4) is 5.75 Å². The number of amides is 1. The van der Waals surface area contributed by atoms with E-state index in [2.05, 4.69) is 32.0 Å². The highest BCUT2D eigenvalue weighted by atomic mass is 19.1. The van der Waals surface area contributed by atoms with Gasteiger partial charge >= 0.3 is 0 Å². The minimum absolute atomic E-state index is 0.206. The Hall–Kier alpha value is -2.78. The molecule has 0 atom stereocenters. The molecule has 2 aromatic rings. The first-order valence-corrected chi connectivity index (χ1v) is 9.81. The number of nitrogens with two attached hydrogens (primary N) is 1. The summed E-state index contributed by atoms with van der Waals surface area (Å²) >= 11 is 0. The Kier molecular flexibility index (Phi) is 7.31. The number of carbonyl (C=O) groups is 1. The van der Waals surface area contributed by atoms with Gasteiger partial charge in [0.1, 0.15) is 6.61 Å². The number of primary amides is 1. The molecule has 1 aliphatic heterocycles. The summed E-state index contributed by atoms with van der Waals surface area (Å²) in [5.74, 6) is -0.612. The molecule has 156 valence electrons. The Balaban J connectivity index is 1.46. The lowest BCUT2D eigenvalue weighted by Crippen LogP contribution is -2.47. The lowest BCUT2D eigenvalue weighted by Gasteiger charge is -2.34. The van der Waals surface area contributed by atoms with Gasteiger partial charge in [0.15, 0.2) is 11.6 Å². The summed E-state index contributed by atoms with van der Waals surface area (Å²) in [5.41, 5.74) is 5.84. The summed E-state index contributed by atoms with van der Waals surface area (Å²) in [4.78, 5) is 23.8. The van der Waals surface area contributed by atoms with Crippen molar-refractivity contribution < 1.29 is 13.9 Å². The zero-order valence-electron chi connectivity index (χ0n) is 16.6. The Morgan fingerprint density at radius 2 is 1.83 bits per heavy atom. The van der Waals surface area contributed by atoms with E-state index in [1.165, 1.54) is 24.9 Å². The van der Waals surface area contributed by atoms with Crippen LogP contribution in [0.2, 0.25) is 0 Å². The molecule has 0 unspecified atom stereocenters. The summed E-state index contributed by atoms with van der Waals surface area (Å²) in [7, 11) is 0. The third kappa shape index (κ3) is 6.10. The van der Waals surface area contributed by atoms with Crippen LogP contribution >= 0.6 is 0 Å². The van der Waals surface area contributed by atoms with Crippen molar-refractivity contribution in [2.75, 3.05) is 51.2 Å². The first kappa shape index (κ1) is 20.9. The van der Waals surface area contributed by atoms with Crippen molar-refractivity contribution in [3.05, 3.63) is 42.0 Å². The van der Waals surface area contributed by atoms with Gasteiger partial charge in [-0.15, -0.1) is 0 Å². The molecule has 1 aromatic carbocycles. The number of anilines is 2. The number of nitrogens with one attached hydrogen (secondary N) is 1. The van der Waals surface area contributed by atoms with E-state index in [1.54, 1.807) is 12.1 Å². The zero-order chi connectivity index (χ0) is 20.6. The molecular formula is C20H27FN6O2. The van der Waals surface area contributed by atoms with Crippen molar-refractivity contribution in [2.24, 2.45) is 5.73 Å². The summed E-state index contributed by atoms with van der Waals surface area (Å²) in [6.07, 6.45) is 3.80. The van der Waals surface area contributed by atoms with E-state index in [0.717, 1.165) is 39.3 Å². The van der Waals surface area contributed by atoms with Gasteiger partial charge in [0.2, 0.25) is 5.95 Å². The number of rotatable bonds is 9. The van der Waals surface area contributed by atoms with Crippen LogP contribution in [-0.4, -0.2) is 71.6 Å². The predicted octanol–water partition coefficient (Wildman–Crippen LogP) is 1.86. The van der Waals surface area contributed by atoms with Gasteiger partial charge in [-0.05, 0) is 25.1 Å². The van der Waals surface area contributed by atoms with E-state index in [0.29, 0.717) is 12.3 Å². The fourth-order valence-corrected chi connectivity index (χ4v) is 3.18.